The Morgan fingerprint density at radius 2 is 2.04 bits per heavy atom. The fourth-order valence-corrected chi connectivity index (χ4v) is 2.69. The summed E-state index contributed by atoms with van der Waals surface area (Å²) in [6.07, 6.45) is -1.76. The highest BCUT2D eigenvalue weighted by molar-refractivity contribution is 6.30. The van der Waals surface area contributed by atoms with E-state index in [-0.39, 0.29) is 0 Å². The molecule has 0 aromatic carbocycles. The SMILES string of the molecule is CCNC(=NCCCN(C)CC(F)(F)F)N(C)Cc1cc(Cl)cn1C. The fraction of sp³-hybridized carbons (Fsp3) is 0.688. The number of alkyl halides is 3. The summed E-state index contributed by atoms with van der Waals surface area (Å²) in [7, 11) is 5.31. The third-order valence-electron chi connectivity index (χ3n) is 3.58. The van der Waals surface area contributed by atoms with Crippen molar-refractivity contribution in [2.24, 2.45) is 12.0 Å². The molecule has 1 aromatic heterocycles. The Labute approximate surface area is 152 Å². The van der Waals surface area contributed by atoms with Gasteiger partial charge >= 0.3 is 6.18 Å². The maximum Gasteiger partial charge on any atom is 0.401 e. The van der Waals surface area contributed by atoms with Crippen molar-refractivity contribution in [1.29, 1.82) is 0 Å². The minimum atomic E-state index is -4.16. The van der Waals surface area contributed by atoms with Crippen LogP contribution in [0.1, 0.15) is 19.0 Å². The molecular formula is C16H27ClF3N5. The van der Waals surface area contributed by atoms with Gasteiger partial charge in [-0.25, -0.2) is 0 Å². The lowest BCUT2D eigenvalue weighted by molar-refractivity contribution is -0.143. The average Bonchev–Trinajstić information content (AvgIpc) is 2.78. The van der Waals surface area contributed by atoms with Crippen molar-refractivity contribution < 1.29 is 13.2 Å². The number of aliphatic imine (C=N–C) groups is 1. The van der Waals surface area contributed by atoms with Gasteiger partial charge in [-0.05, 0) is 33.0 Å². The number of guanidine groups is 1. The van der Waals surface area contributed by atoms with Gasteiger partial charge in [-0.2, -0.15) is 13.2 Å². The summed E-state index contributed by atoms with van der Waals surface area (Å²) in [5.74, 6) is 0.721. The largest absolute Gasteiger partial charge is 0.401 e. The first-order valence-electron chi connectivity index (χ1n) is 8.18. The van der Waals surface area contributed by atoms with Crippen molar-refractivity contribution in [2.75, 3.05) is 40.3 Å². The van der Waals surface area contributed by atoms with E-state index in [2.05, 4.69) is 10.3 Å². The van der Waals surface area contributed by atoms with Crippen molar-refractivity contribution >= 4 is 17.6 Å². The van der Waals surface area contributed by atoms with Gasteiger partial charge in [-0.15, -0.1) is 0 Å². The van der Waals surface area contributed by atoms with Crippen molar-refractivity contribution in [3.8, 4) is 0 Å². The van der Waals surface area contributed by atoms with Gasteiger partial charge in [0.1, 0.15) is 0 Å². The normalized spacial score (nSPS) is 12.8. The number of nitrogens with one attached hydrogen (secondary N) is 1. The molecule has 1 N–H and O–H groups in total. The lowest BCUT2D eigenvalue weighted by Gasteiger charge is -2.22. The van der Waals surface area contributed by atoms with Crippen LogP contribution in [0, 0.1) is 0 Å². The molecule has 144 valence electrons. The topological polar surface area (TPSA) is 35.8 Å². The molecule has 1 aromatic rings. The van der Waals surface area contributed by atoms with E-state index in [1.165, 1.54) is 11.9 Å². The molecule has 25 heavy (non-hydrogen) atoms. The second kappa shape index (κ2) is 9.91. The average molecular weight is 382 g/mol. The van der Waals surface area contributed by atoms with Crippen LogP contribution < -0.4 is 5.32 Å². The van der Waals surface area contributed by atoms with Gasteiger partial charge in [0.05, 0.1) is 18.1 Å². The molecule has 1 heterocycles. The van der Waals surface area contributed by atoms with Crippen LogP contribution in [0.3, 0.4) is 0 Å². The number of aromatic nitrogens is 1. The quantitative estimate of drug-likeness (QED) is 0.427. The van der Waals surface area contributed by atoms with Crippen molar-refractivity contribution in [2.45, 2.75) is 26.1 Å². The molecule has 0 aliphatic carbocycles. The Hall–Kier alpha value is -1.41. The van der Waals surface area contributed by atoms with Crippen LogP contribution in [-0.4, -0.2) is 66.8 Å². The van der Waals surface area contributed by atoms with Gasteiger partial charge in [-0.1, -0.05) is 11.6 Å². The van der Waals surface area contributed by atoms with Gasteiger partial charge in [0, 0.05) is 39.1 Å². The maximum absolute atomic E-state index is 12.3. The first-order valence-corrected chi connectivity index (χ1v) is 8.55. The molecule has 9 heteroatoms. The number of nitrogens with zero attached hydrogens (tertiary/aromatic N) is 4. The second-order valence-corrected chi connectivity index (χ2v) is 6.50. The molecule has 0 spiro atoms. The zero-order valence-electron chi connectivity index (χ0n) is 15.2. The molecule has 0 atom stereocenters. The van der Waals surface area contributed by atoms with Crippen LogP contribution in [0.2, 0.25) is 5.02 Å². The first-order chi connectivity index (χ1) is 11.6. The van der Waals surface area contributed by atoms with E-state index in [0.717, 1.165) is 11.7 Å². The van der Waals surface area contributed by atoms with E-state index >= 15 is 0 Å². The molecule has 0 saturated heterocycles. The highest BCUT2D eigenvalue weighted by Crippen LogP contribution is 2.16. The molecule has 0 amide bonds. The minimum Gasteiger partial charge on any atom is -0.357 e. The molecule has 1 rings (SSSR count). The predicted molar refractivity (Wildman–Crippen MR) is 96.0 cm³/mol. The number of aryl methyl sites for hydroxylation is 1. The Balaban J connectivity index is 2.54. The Kier molecular flexibility index (Phi) is 8.58. The number of hydrogen-bond donors (Lipinski definition) is 1. The standard InChI is InChI=1S/C16H27ClF3N5/c1-5-21-15(22-7-6-8-23(2)12-16(18,19)20)25(4)11-14-9-13(17)10-24(14)3/h9-10H,5-8,11-12H2,1-4H3,(H,21,22). The van der Waals surface area contributed by atoms with Gasteiger partial charge < -0.3 is 14.8 Å². The maximum atomic E-state index is 12.3. The second-order valence-electron chi connectivity index (χ2n) is 6.06. The highest BCUT2D eigenvalue weighted by atomic mass is 35.5. The van der Waals surface area contributed by atoms with Crippen LogP contribution in [0.5, 0.6) is 0 Å². The van der Waals surface area contributed by atoms with Crippen molar-refractivity contribution in [3.05, 3.63) is 23.0 Å². The zero-order chi connectivity index (χ0) is 19.0. The molecule has 0 unspecified atom stereocenters. The van der Waals surface area contributed by atoms with Crippen LogP contribution in [-0.2, 0) is 13.6 Å². The minimum absolute atomic E-state index is 0.347. The number of rotatable bonds is 8. The molecule has 5 nitrogen and oxygen atoms in total. The Bertz CT molecular complexity index is 556. The van der Waals surface area contributed by atoms with Crippen molar-refractivity contribution in [3.63, 3.8) is 0 Å². The summed E-state index contributed by atoms with van der Waals surface area (Å²) in [6.45, 7) is 3.22. The lowest BCUT2D eigenvalue weighted by Crippen LogP contribution is -2.39. The van der Waals surface area contributed by atoms with E-state index in [9.17, 15) is 13.2 Å². The van der Waals surface area contributed by atoms with E-state index in [0.29, 0.717) is 37.6 Å². The van der Waals surface area contributed by atoms with Crippen molar-refractivity contribution in [1.82, 2.24) is 19.7 Å². The Morgan fingerprint density at radius 1 is 1.36 bits per heavy atom. The Morgan fingerprint density at radius 3 is 2.56 bits per heavy atom. The van der Waals surface area contributed by atoms with Crippen LogP contribution in [0.15, 0.2) is 17.3 Å². The smallest absolute Gasteiger partial charge is 0.357 e. The summed E-state index contributed by atoms with van der Waals surface area (Å²) in [5, 5.41) is 3.88. The summed E-state index contributed by atoms with van der Waals surface area (Å²) < 4.78 is 38.8. The van der Waals surface area contributed by atoms with E-state index in [4.69, 9.17) is 11.6 Å². The van der Waals surface area contributed by atoms with Gasteiger partial charge in [0.15, 0.2) is 5.96 Å². The van der Waals surface area contributed by atoms with Crippen LogP contribution in [0.4, 0.5) is 13.2 Å². The van der Waals surface area contributed by atoms with E-state index in [1.54, 1.807) is 0 Å². The molecule has 0 aliphatic heterocycles. The molecule has 0 bridgehead atoms. The van der Waals surface area contributed by atoms with E-state index < -0.39 is 12.7 Å². The summed E-state index contributed by atoms with van der Waals surface area (Å²) >= 11 is 6.00. The van der Waals surface area contributed by atoms with Crippen LogP contribution in [0.25, 0.3) is 0 Å². The molecular weight excluding hydrogens is 355 g/mol. The van der Waals surface area contributed by atoms with Gasteiger partial charge in [0.25, 0.3) is 0 Å². The number of halogens is 4. The molecule has 0 aliphatic rings. The van der Waals surface area contributed by atoms with Crippen LogP contribution >= 0.6 is 11.6 Å². The lowest BCUT2D eigenvalue weighted by atomic mass is 10.4. The highest BCUT2D eigenvalue weighted by Gasteiger charge is 2.28. The third kappa shape index (κ3) is 8.49. The summed E-state index contributed by atoms with van der Waals surface area (Å²) in [6, 6.07) is 1.90. The zero-order valence-corrected chi connectivity index (χ0v) is 16.0. The predicted octanol–water partition coefficient (Wildman–Crippen LogP) is 2.96. The summed E-state index contributed by atoms with van der Waals surface area (Å²) in [4.78, 5) is 7.72. The summed E-state index contributed by atoms with van der Waals surface area (Å²) in [5.41, 5.74) is 1.04. The molecule has 0 saturated carbocycles. The van der Waals surface area contributed by atoms with Gasteiger partial charge in [-0.3, -0.25) is 9.89 Å². The van der Waals surface area contributed by atoms with Gasteiger partial charge in [0.2, 0.25) is 0 Å². The molecule has 0 radical (unpaired) electrons. The monoisotopic (exact) mass is 381 g/mol. The fourth-order valence-electron chi connectivity index (χ4n) is 2.42. The van der Waals surface area contributed by atoms with E-state index in [1.807, 2.05) is 42.7 Å². The number of hydrogen-bond acceptors (Lipinski definition) is 2. The first kappa shape index (κ1) is 21.6. The third-order valence-corrected chi connectivity index (χ3v) is 3.79. The molecule has 0 fully saturated rings.